The second kappa shape index (κ2) is 3.35. The van der Waals surface area contributed by atoms with E-state index in [1.165, 1.54) is 0 Å². The quantitative estimate of drug-likeness (QED) is 0.842. The summed E-state index contributed by atoms with van der Waals surface area (Å²) in [6.45, 7) is 4.23. The van der Waals surface area contributed by atoms with E-state index < -0.39 is 0 Å². The Morgan fingerprint density at radius 3 is 2.64 bits per heavy atom. The molecule has 0 aliphatic carbocycles. The topological polar surface area (TPSA) is 38.7 Å². The molecule has 1 aliphatic rings. The van der Waals surface area contributed by atoms with E-state index in [1.807, 2.05) is 13.8 Å². The van der Waals surface area contributed by atoms with Crippen molar-refractivity contribution < 1.29 is 14.6 Å². The maximum Gasteiger partial charge on any atom is 0.231 e. The Hall–Kier alpha value is -0.900. The number of hydrogen-bond donors (Lipinski definition) is 1. The van der Waals surface area contributed by atoms with Crippen LogP contribution in [0.3, 0.4) is 0 Å². The van der Waals surface area contributed by atoms with Gasteiger partial charge < -0.3 is 14.6 Å². The summed E-state index contributed by atoms with van der Waals surface area (Å²) in [5.41, 5.74) is 0.806. The van der Waals surface area contributed by atoms with E-state index in [0.29, 0.717) is 11.5 Å². The predicted molar refractivity (Wildman–Crippen MR) is 56.0 cm³/mol. The lowest BCUT2D eigenvalue weighted by atomic mass is 10.0. The highest BCUT2D eigenvalue weighted by atomic mass is 79.9. The fourth-order valence-corrected chi connectivity index (χ4v) is 2.10. The Morgan fingerprint density at radius 2 is 2.00 bits per heavy atom. The summed E-state index contributed by atoms with van der Waals surface area (Å²) in [7, 11) is 0. The van der Waals surface area contributed by atoms with Crippen molar-refractivity contribution in [3.05, 3.63) is 16.1 Å². The molecule has 0 atom stereocenters. The van der Waals surface area contributed by atoms with Gasteiger partial charge in [0.05, 0.1) is 4.47 Å². The molecule has 0 saturated carbocycles. The number of aromatic hydroxyl groups is 1. The third-order valence-electron chi connectivity index (χ3n) is 2.19. The van der Waals surface area contributed by atoms with Crippen LogP contribution in [0.2, 0.25) is 0 Å². The minimum absolute atomic E-state index is 0.207. The van der Waals surface area contributed by atoms with E-state index in [1.54, 1.807) is 6.07 Å². The molecule has 76 valence electrons. The molecule has 0 aromatic heterocycles. The molecule has 1 aliphatic heterocycles. The zero-order valence-corrected chi connectivity index (χ0v) is 9.59. The highest BCUT2D eigenvalue weighted by Crippen LogP contribution is 2.48. The Labute approximate surface area is 90.8 Å². The van der Waals surface area contributed by atoms with Gasteiger partial charge in [-0.15, -0.1) is 0 Å². The third kappa shape index (κ3) is 1.34. The van der Waals surface area contributed by atoms with Gasteiger partial charge in [0, 0.05) is 5.56 Å². The van der Waals surface area contributed by atoms with Crippen molar-refractivity contribution in [3.63, 3.8) is 0 Å². The molecule has 0 amide bonds. The van der Waals surface area contributed by atoms with Crippen molar-refractivity contribution in [2.75, 3.05) is 6.79 Å². The molecule has 0 fully saturated rings. The summed E-state index contributed by atoms with van der Waals surface area (Å²) in [4.78, 5) is 0. The van der Waals surface area contributed by atoms with Crippen LogP contribution in [0.25, 0.3) is 0 Å². The fourth-order valence-electron chi connectivity index (χ4n) is 1.59. The molecule has 4 heteroatoms. The second-order valence-electron chi connectivity index (χ2n) is 3.51. The first-order chi connectivity index (χ1) is 6.61. The minimum Gasteiger partial charge on any atom is -0.507 e. The highest BCUT2D eigenvalue weighted by Gasteiger charge is 2.25. The molecule has 0 bridgehead atoms. The van der Waals surface area contributed by atoms with Crippen molar-refractivity contribution in [2.45, 2.75) is 19.8 Å². The van der Waals surface area contributed by atoms with Gasteiger partial charge >= 0.3 is 0 Å². The number of halogens is 1. The van der Waals surface area contributed by atoms with Crippen molar-refractivity contribution in [1.82, 2.24) is 0 Å². The average Bonchev–Trinajstić information content (AvgIpc) is 2.51. The molecule has 1 N–H and O–H groups in total. The van der Waals surface area contributed by atoms with Gasteiger partial charge in [0.1, 0.15) is 5.75 Å². The van der Waals surface area contributed by atoms with Gasteiger partial charge in [0.2, 0.25) is 6.79 Å². The van der Waals surface area contributed by atoms with Gasteiger partial charge in [-0.25, -0.2) is 0 Å². The molecule has 14 heavy (non-hydrogen) atoms. The summed E-state index contributed by atoms with van der Waals surface area (Å²) in [5, 5.41) is 9.76. The first-order valence-corrected chi connectivity index (χ1v) is 5.21. The number of hydrogen-bond acceptors (Lipinski definition) is 3. The number of phenolic OH excluding ortho intramolecular Hbond substituents is 1. The van der Waals surface area contributed by atoms with Crippen LogP contribution in [0.15, 0.2) is 10.5 Å². The first-order valence-electron chi connectivity index (χ1n) is 4.42. The molecule has 1 heterocycles. The molecule has 1 aromatic rings. The summed E-state index contributed by atoms with van der Waals surface area (Å²) < 4.78 is 11.4. The van der Waals surface area contributed by atoms with Crippen LogP contribution in [0, 0.1) is 0 Å². The Kier molecular flexibility index (Phi) is 2.31. The van der Waals surface area contributed by atoms with E-state index in [9.17, 15) is 5.11 Å². The van der Waals surface area contributed by atoms with Crippen LogP contribution in [-0.2, 0) is 0 Å². The van der Waals surface area contributed by atoms with Gasteiger partial charge in [0.15, 0.2) is 11.5 Å². The molecule has 0 unspecified atom stereocenters. The van der Waals surface area contributed by atoms with E-state index in [2.05, 4.69) is 15.9 Å². The van der Waals surface area contributed by atoms with E-state index >= 15 is 0 Å². The van der Waals surface area contributed by atoms with Crippen LogP contribution in [-0.4, -0.2) is 11.9 Å². The molecule has 0 saturated heterocycles. The van der Waals surface area contributed by atoms with Gasteiger partial charge in [-0.05, 0) is 27.9 Å². The molecule has 0 spiro atoms. The molecule has 1 aromatic carbocycles. The zero-order valence-electron chi connectivity index (χ0n) is 8.00. The Morgan fingerprint density at radius 1 is 1.36 bits per heavy atom. The van der Waals surface area contributed by atoms with E-state index in [0.717, 1.165) is 10.0 Å². The smallest absolute Gasteiger partial charge is 0.231 e. The predicted octanol–water partition coefficient (Wildman–Crippen LogP) is 3.01. The summed E-state index contributed by atoms with van der Waals surface area (Å²) in [6.07, 6.45) is 0. The largest absolute Gasteiger partial charge is 0.507 e. The molecular weight excluding hydrogens is 248 g/mol. The SMILES string of the molecule is CC(C)c1c(O)cc(Br)c2c1OCO2. The van der Waals surface area contributed by atoms with Gasteiger partial charge in [-0.3, -0.25) is 0 Å². The number of rotatable bonds is 1. The molecule has 3 nitrogen and oxygen atoms in total. The maximum atomic E-state index is 9.76. The number of benzene rings is 1. The van der Waals surface area contributed by atoms with E-state index in [4.69, 9.17) is 9.47 Å². The van der Waals surface area contributed by atoms with Crippen molar-refractivity contribution in [2.24, 2.45) is 0 Å². The lowest BCUT2D eigenvalue weighted by Gasteiger charge is -2.12. The maximum absolute atomic E-state index is 9.76. The summed E-state index contributed by atoms with van der Waals surface area (Å²) in [5.74, 6) is 1.80. The number of ether oxygens (including phenoxy) is 2. The molecular formula is C10H11BrO3. The Balaban J connectivity index is 2.66. The second-order valence-corrected chi connectivity index (χ2v) is 4.37. The Bertz CT molecular complexity index is 374. The monoisotopic (exact) mass is 258 g/mol. The van der Waals surface area contributed by atoms with Crippen LogP contribution >= 0.6 is 15.9 Å². The zero-order chi connectivity index (χ0) is 10.3. The molecule has 0 radical (unpaired) electrons. The lowest BCUT2D eigenvalue weighted by molar-refractivity contribution is 0.172. The van der Waals surface area contributed by atoms with Crippen molar-refractivity contribution in [1.29, 1.82) is 0 Å². The van der Waals surface area contributed by atoms with Crippen LogP contribution < -0.4 is 9.47 Å². The van der Waals surface area contributed by atoms with Crippen molar-refractivity contribution in [3.8, 4) is 17.2 Å². The summed E-state index contributed by atoms with van der Waals surface area (Å²) in [6, 6.07) is 1.64. The fraction of sp³-hybridized carbons (Fsp3) is 0.400. The lowest BCUT2D eigenvalue weighted by Crippen LogP contribution is -1.95. The van der Waals surface area contributed by atoms with Crippen LogP contribution in [0.1, 0.15) is 25.3 Å². The van der Waals surface area contributed by atoms with Crippen LogP contribution in [0.4, 0.5) is 0 Å². The molecule has 2 rings (SSSR count). The van der Waals surface area contributed by atoms with E-state index in [-0.39, 0.29) is 18.5 Å². The first kappa shape index (κ1) is 9.65. The van der Waals surface area contributed by atoms with Gasteiger partial charge in [0.25, 0.3) is 0 Å². The standard InChI is InChI=1S/C10H11BrO3/c1-5(2)8-7(12)3-6(11)9-10(8)14-4-13-9/h3,5,12H,4H2,1-2H3. The van der Waals surface area contributed by atoms with Gasteiger partial charge in [-0.2, -0.15) is 0 Å². The average molecular weight is 259 g/mol. The van der Waals surface area contributed by atoms with Crippen LogP contribution in [0.5, 0.6) is 17.2 Å². The highest BCUT2D eigenvalue weighted by molar-refractivity contribution is 9.10. The minimum atomic E-state index is 0.207. The van der Waals surface area contributed by atoms with Gasteiger partial charge in [-0.1, -0.05) is 13.8 Å². The summed E-state index contributed by atoms with van der Waals surface area (Å²) >= 11 is 3.32. The third-order valence-corrected chi connectivity index (χ3v) is 2.78. The van der Waals surface area contributed by atoms with Crippen molar-refractivity contribution >= 4 is 15.9 Å². The number of fused-ring (bicyclic) bond motifs is 1. The number of phenols is 1. The normalized spacial score (nSPS) is 13.7.